The lowest BCUT2D eigenvalue weighted by atomic mass is 9.79. The maximum absolute atomic E-state index is 14.2. The first kappa shape index (κ1) is 15.4. The van der Waals surface area contributed by atoms with Crippen LogP contribution >= 0.6 is 11.8 Å². The van der Waals surface area contributed by atoms with Crippen LogP contribution in [0.1, 0.15) is 31.2 Å². The SMILES string of the molecule is O=C(N1CC2(CC(OCc3cccnc3)CS2)C1)C1(F)CCC1. The van der Waals surface area contributed by atoms with Crippen LogP contribution in [0.15, 0.2) is 24.5 Å². The van der Waals surface area contributed by atoms with E-state index in [1.165, 1.54) is 0 Å². The summed E-state index contributed by atoms with van der Waals surface area (Å²) in [5, 5.41) is 0. The number of hydrogen-bond acceptors (Lipinski definition) is 4. The van der Waals surface area contributed by atoms with Gasteiger partial charge < -0.3 is 9.64 Å². The second-order valence-corrected chi connectivity index (χ2v) is 8.46. The zero-order valence-electron chi connectivity index (χ0n) is 13.0. The number of carbonyl (C=O) groups is 1. The van der Waals surface area contributed by atoms with Crippen molar-refractivity contribution in [3.63, 3.8) is 0 Å². The predicted molar refractivity (Wildman–Crippen MR) is 86.9 cm³/mol. The van der Waals surface area contributed by atoms with Crippen LogP contribution < -0.4 is 0 Å². The predicted octanol–water partition coefficient (Wildman–Crippen LogP) is 2.58. The molecule has 1 saturated carbocycles. The van der Waals surface area contributed by atoms with Gasteiger partial charge >= 0.3 is 0 Å². The second-order valence-electron chi connectivity index (χ2n) is 6.97. The lowest BCUT2D eigenvalue weighted by molar-refractivity contribution is -0.155. The van der Waals surface area contributed by atoms with Crippen LogP contribution in [0.2, 0.25) is 0 Å². The molecule has 3 fully saturated rings. The van der Waals surface area contributed by atoms with E-state index in [0.29, 0.717) is 32.5 Å². The number of alkyl halides is 1. The lowest BCUT2D eigenvalue weighted by Gasteiger charge is -2.50. The molecule has 6 heteroatoms. The van der Waals surface area contributed by atoms with Crippen LogP contribution in [0, 0.1) is 0 Å². The van der Waals surface area contributed by atoms with E-state index < -0.39 is 5.67 Å². The van der Waals surface area contributed by atoms with E-state index in [0.717, 1.165) is 24.2 Å². The molecule has 1 spiro atoms. The second kappa shape index (κ2) is 5.74. The fourth-order valence-corrected chi connectivity index (χ4v) is 5.16. The monoisotopic (exact) mass is 336 g/mol. The summed E-state index contributed by atoms with van der Waals surface area (Å²) in [5.41, 5.74) is -0.477. The molecular weight excluding hydrogens is 315 g/mol. The highest BCUT2D eigenvalue weighted by molar-refractivity contribution is 8.01. The molecule has 0 aromatic carbocycles. The molecule has 0 radical (unpaired) electrons. The Morgan fingerprint density at radius 1 is 1.48 bits per heavy atom. The highest BCUT2D eigenvalue weighted by Crippen LogP contribution is 2.48. The van der Waals surface area contributed by atoms with Crippen LogP contribution in [0.25, 0.3) is 0 Å². The van der Waals surface area contributed by atoms with E-state index >= 15 is 0 Å². The molecule has 1 aromatic rings. The van der Waals surface area contributed by atoms with Gasteiger partial charge in [0.15, 0.2) is 5.67 Å². The molecule has 3 heterocycles. The first-order valence-electron chi connectivity index (χ1n) is 8.21. The van der Waals surface area contributed by atoms with Crippen LogP contribution in [-0.4, -0.2) is 51.2 Å². The summed E-state index contributed by atoms with van der Waals surface area (Å²) in [4.78, 5) is 18.0. The smallest absolute Gasteiger partial charge is 0.260 e. The maximum Gasteiger partial charge on any atom is 0.260 e. The Bertz CT molecular complexity index is 588. The number of ether oxygens (including phenoxy) is 1. The van der Waals surface area contributed by atoms with Gasteiger partial charge in [0.2, 0.25) is 0 Å². The van der Waals surface area contributed by atoms with Crippen molar-refractivity contribution < 1.29 is 13.9 Å². The minimum atomic E-state index is -1.55. The number of nitrogens with zero attached hydrogens (tertiary/aromatic N) is 2. The number of thioether (sulfide) groups is 1. The van der Waals surface area contributed by atoms with Crippen LogP contribution in [0.3, 0.4) is 0 Å². The molecule has 3 aliphatic rings. The fourth-order valence-electron chi connectivity index (χ4n) is 3.60. The zero-order valence-corrected chi connectivity index (χ0v) is 13.9. The van der Waals surface area contributed by atoms with E-state index in [1.54, 1.807) is 11.1 Å². The topological polar surface area (TPSA) is 42.4 Å². The highest BCUT2D eigenvalue weighted by atomic mass is 32.2. The van der Waals surface area contributed by atoms with Crippen molar-refractivity contribution in [3.8, 4) is 0 Å². The standard InChI is InChI=1S/C17H21FN2O2S/c18-17(4-2-5-17)15(21)20-11-16(12-20)7-14(10-23-16)22-9-13-3-1-6-19-8-13/h1,3,6,8,14H,2,4-5,7,9-12H2. The summed E-state index contributed by atoms with van der Waals surface area (Å²) in [5.74, 6) is 0.665. The Hall–Kier alpha value is -1.14. The first-order valence-corrected chi connectivity index (χ1v) is 9.20. The third-order valence-electron chi connectivity index (χ3n) is 5.16. The van der Waals surface area contributed by atoms with Crippen molar-refractivity contribution in [3.05, 3.63) is 30.1 Å². The number of rotatable bonds is 4. The quantitative estimate of drug-likeness (QED) is 0.847. The third-order valence-corrected chi connectivity index (χ3v) is 6.73. The zero-order chi connectivity index (χ0) is 15.9. The molecule has 0 N–H and O–H groups in total. The van der Waals surface area contributed by atoms with Crippen LogP contribution in [-0.2, 0) is 16.1 Å². The van der Waals surface area contributed by atoms with Crippen molar-refractivity contribution in [2.45, 2.75) is 48.8 Å². The number of hydrogen-bond donors (Lipinski definition) is 0. The van der Waals surface area contributed by atoms with Crippen LogP contribution in [0.5, 0.6) is 0 Å². The third kappa shape index (κ3) is 2.87. The normalized spacial score (nSPS) is 27.5. The van der Waals surface area contributed by atoms with Crippen molar-refractivity contribution in [1.82, 2.24) is 9.88 Å². The summed E-state index contributed by atoms with van der Waals surface area (Å²) >= 11 is 1.88. The number of pyridine rings is 1. The van der Waals surface area contributed by atoms with Crippen LogP contribution in [0.4, 0.5) is 4.39 Å². The molecule has 4 nitrogen and oxygen atoms in total. The van der Waals surface area contributed by atoms with Gasteiger partial charge in [0.25, 0.3) is 5.91 Å². The Kier molecular flexibility index (Phi) is 3.84. The minimum Gasteiger partial charge on any atom is -0.373 e. The molecule has 1 aromatic heterocycles. The summed E-state index contributed by atoms with van der Waals surface area (Å²) in [6, 6.07) is 3.92. The molecule has 1 atom stereocenters. The van der Waals surface area contributed by atoms with Gasteiger partial charge in [-0.3, -0.25) is 9.78 Å². The van der Waals surface area contributed by atoms with E-state index in [2.05, 4.69) is 4.98 Å². The molecule has 1 aliphatic carbocycles. The Labute approximate surface area is 139 Å². The van der Waals surface area contributed by atoms with Gasteiger partial charge in [-0.25, -0.2) is 4.39 Å². The number of aromatic nitrogens is 1. The molecule has 23 heavy (non-hydrogen) atoms. The van der Waals surface area contributed by atoms with Gasteiger partial charge in [-0.2, -0.15) is 0 Å². The molecule has 1 unspecified atom stereocenters. The first-order chi connectivity index (χ1) is 11.1. The number of likely N-dealkylation sites (tertiary alicyclic amines) is 1. The molecule has 2 saturated heterocycles. The van der Waals surface area contributed by atoms with Gasteiger partial charge in [0, 0.05) is 31.2 Å². The minimum absolute atomic E-state index is 0.0926. The van der Waals surface area contributed by atoms with Gasteiger partial charge in [-0.1, -0.05) is 6.07 Å². The van der Waals surface area contributed by atoms with Crippen molar-refractivity contribution in [2.75, 3.05) is 18.8 Å². The van der Waals surface area contributed by atoms with E-state index in [1.807, 2.05) is 30.1 Å². The number of halogens is 1. The molecule has 2 aliphatic heterocycles. The van der Waals surface area contributed by atoms with E-state index in [9.17, 15) is 9.18 Å². The summed E-state index contributed by atoms with van der Waals surface area (Å²) in [6.45, 7) is 1.93. The summed E-state index contributed by atoms with van der Waals surface area (Å²) in [7, 11) is 0. The summed E-state index contributed by atoms with van der Waals surface area (Å²) < 4.78 is 20.3. The highest BCUT2D eigenvalue weighted by Gasteiger charge is 2.56. The Balaban J connectivity index is 1.26. The molecule has 1 amide bonds. The van der Waals surface area contributed by atoms with Gasteiger partial charge in [-0.15, -0.1) is 11.8 Å². The van der Waals surface area contributed by atoms with Crippen molar-refractivity contribution >= 4 is 17.7 Å². The lowest BCUT2D eigenvalue weighted by Crippen LogP contribution is -2.65. The van der Waals surface area contributed by atoms with Crippen molar-refractivity contribution in [2.24, 2.45) is 0 Å². The Morgan fingerprint density at radius 3 is 2.96 bits per heavy atom. The molecular formula is C17H21FN2O2S. The van der Waals surface area contributed by atoms with E-state index in [-0.39, 0.29) is 16.8 Å². The fraction of sp³-hybridized carbons (Fsp3) is 0.647. The number of carbonyl (C=O) groups excluding carboxylic acids is 1. The molecule has 124 valence electrons. The molecule has 0 bridgehead atoms. The van der Waals surface area contributed by atoms with Gasteiger partial charge in [-0.05, 0) is 37.3 Å². The average molecular weight is 336 g/mol. The maximum atomic E-state index is 14.2. The summed E-state index contributed by atoms with van der Waals surface area (Å²) in [6.07, 6.45) is 6.37. The largest absolute Gasteiger partial charge is 0.373 e. The molecule has 4 rings (SSSR count). The van der Waals surface area contributed by atoms with Gasteiger partial charge in [0.05, 0.1) is 17.5 Å². The van der Waals surface area contributed by atoms with Crippen molar-refractivity contribution in [1.29, 1.82) is 0 Å². The van der Waals surface area contributed by atoms with E-state index in [4.69, 9.17) is 4.74 Å². The number of amides is 1. The Morgan fingerprint density at radius 2 is 2.30 bits per heavy atom. The van der Waals surface area contributed by atoms with Gasteiger partial charge in [0.1, 0.15) is 0 Å². The average Bonchev–Trinajstić information content (AvgIpc) is 2.94.